The van der Waals surface area contributed by atoms with E-state index < -0.39 is 0 Å². The van der Waals surface area contributed by atoms with Crippen molar-refractivity contribution in [1.82, 2.24) is 9.97 Å². The lowest BCUT2D eigenvalue weighted by Gasteiger charge is -2.10. The van der Waals surface area contributed by atoms with Gasteiger partial charge in [0.05, 0.1) is 0 Å². The van der Waals surface area contributed by atoms with Gasteiger partial charge in [0, 0.05) is 18.1 Å². The van der Waals surface area contributed by atoms with Gasteiger partial charge in [-0.25, -0.2) is 4.98 Å². The summed E-state index contributed by atoms with van der Waals surface area (Å²) in [5.41, 5.74) is 2.19. The Labute approximate surface area is 112 Å². The molecule has 1 aliphatic rings. The van der Waals surface area contributed by atoms with E-state index in [4.69, 9.17) is 0 Å². The molecule has 4 nitrogen and oxygen atoms in total. The summed E-state index contributed by atoms with van der Waals surface area (Å²) in [6.45, 7) is 0. The minimum absolute atomic E-state index is 0.210. The molecule has 0 radical (unpaired) electrons. The van der Waals surface area contributed by atoms with E-state index >= 15 is 0 Å². The monoisotopic (exact) mass is 255 g/mol. The average molecular weight is 255 g/mol. The first-order valence-electron chi connectivity index (χ1n) is 6.73. The highest BCUT2D eigenvalue weighted by Gasteiger charge is 2.16. The zero-order chi connectivity index (χ0) is 13.1. The van der Waals surface area contributed by atoms with Crippen molar-refractivity contribution in [2.75, 3.05) is 5.32 Å². The van der Waals surface area contributed by atoms with E-state index in [1.807, 2.05) is 12.1 Å². The minimum atomic E-state index is -0.210. The molecular formula is C15H17N3O. The maximum atomic E-state index is 11.8. The Kier molecular flexibility index (Phi) is 3.31. The Bertz CT molecular complexity index is 539. The van der Waals surface area contributed by atoms with E-state index in [-0.39, 0.29) is 5.91 Å². The number of nitrogens with zero attached hydrogens (tertiary/aromatic N) is 1. The summed E-state index contributed by atoms with van der Waals surface area (Å²) in [6.07, 6.45) is 8.45. The summed E-state index contributed by atoms with van der Waals surface area (Å²) in [5, 5.41) is 2.83. The van der Waals surface area contributed by atoms with Crippen LogP contribution in [0.15, 0.2) is 36.7 Å². The van der Waals surface area contributed by atoms with Gasteiger partial charge in [-0.15, -0.1) is 0 Å². The largest absolute Gasteiger partial charge is 0.341 e. The number of H-pyrrole nitrogens is 1. The van der Waals surface area contributed by atoms with Gasteiger partial charge >= 0.3 is 0 Å². The molecule has 0 spiro atoms. The van der Waals surface area contributed by atoms with E-state index in [9.17, 15) is 4.79 Å². The minimum Gasteiger partial charge on any atom is -0.341 e. The SMILES string of the molecule is O=C(Nc1ccc(C2CCCC2)cc1)c1ncc[nH]1. The van der Waals surface area contributed by atoms with Gasteiger partial charge in [0.15, 0.2) is 5.82 Å². The van der Waals surface area contributed by atoms with Crippen LogP contribution in [0.2, 0.25) is 0 Å². The van der Waals surface area contributed by atoms with Crippen LogP contribution < -0.4 is 5.32 Å². The lowest BCUT2D eigenvalue weighted by atomic mass is 9.98. The third kappa shape index (κ3) is 2.67. The van der Waals surface area contributed by atoms with Crippen molar-refractivity contribution >= 4 is 11.6 Å². The number of nitrogens with one attached hydrogen (secondary N) is 2. The van der Waals surface area contributed by atoms with Crippen LogP contribution >= 0.6 is 0 Å². The molecule has 1 fully saturated rings. The average Bonchev–Trinajstić information content (AvgIpc) is 3.13. The molecule has 1 amide bonds. The smallest absolute Gasteiger partial charge is 0.291 e. The quantitative estimate of drug-likeness (QED) is 0.883. The Hall–Kier alpha value is -2.10. The molecule has 2 aromatic rings. The van der Waals surface area contributed by atoms with E-state index in [0.717, 1.165) is 5.69 Å². The van der Waals surface area contributed by atoms with Crippen molar-refractivity contribution < 1.29 is 4.79 Å². The second-order valence-electron chi connectivity index (χ2n) is 5.00. The fourth-order valence-electron chi connectivity index (χ4n) is 2.68. The van der Waals surface area contributed by atoms with Crippen molar-refractivity contribution in [2.45, 2.75) is 31.6 Å². The molecular weight excluding hydrogens is 238 g/mol. The molecule has 0 atom stereocenters. The molecule has 1 aliphatic carbocycles. The maximum Gasteiger partial charge on any atom is 0.291 e. The van der Waals surface area contributed by atoms with Crippen LogP contribution in [0.4, 0.5) is 5.69 Å². The van der Waals surface area contributed by atoms with Crippen LogP contribution in [0, 0.1) is 0 Å². The van der Waals surface area contributed by atoms with Gasteiger partial charge in [-0.05, 0) is 36.5 Å². The van der Waals surface area contributed by atoms with Gasteiger partial charge in [-0.3, -0.25) is 4.79 Å². The van der Waals surface area contributed by atoms with Crippen molar-refractivity contribution in [3.63, 3.8) is 0 Å². The van der Waals surface area contributed by atoms with Crippen LogP contribution in [0.25, 0.3) is 0 Å². The van der Waals surface area contributed by atoms with Crippen molar-refractivity contribution in [1.29, 1.82) is 0 Å². The fourth-order valence-corrected chi connectivity index (χ4v) is 2.68. The predicted octanol–water partition coefficient (Wildman–Crippen LogP) is 3.32. The molecule has 0 unspecified atom stereocenters. The number of imidazole rings is 1. The molecule has 2 N–H and O–H groups in total. The second kappa shape index (κ2) is 5.26. The van der Waals surface area contributed by atoms with Crippen LogP contribution in [0.3, 0.4) is 0 Å². The molecule has 1 saturated carbocycles. The Balaban J connectivity index is 1.67. The third-order valence-electron chi connectivity index (χ3n) is 3.71. The molecule has 98 valence electrons. The maximum absolute atomic E-state index is 11.8. The van der Waals surface area contributed by atoms with E-state index in [1.54, 1.807) is 12.4 Å². The molecule has 0 aliphatic heterocycles. The lowest BCUT2D eigenvalue weighted by molar-refractivity contribution is 0.101. The molecule has 0 saturated heterocycles. The van der Waals surface area contributed by atoms with Gasteiger partial charge < -0.3 is 10.3 Å². The number of rotatable bonds is 3. The number of amides is 1. The summed E-state index contributed by atoms with van der Waals surface area (Å²) in [4.78, 5) is 18.5. The number of aromatic nitrogens is 2. The lowest BCUT2D eigenvalue weighted by Crippen LogP contribution is -2.13. The van der Waals surface area contributed by atoms with Gasteiger partial charge in [0.25, 0.3) is 5.91 Å². The van der Waals surface area contributed by atoms with Crippen LogP contribution in [-0.2, 0) is 0 Å². The molecule has 1 aromatic heterocycles. The normalized spacial score (nSPS) is 15.6. The third-order valence-corrected chi connectivity index (χ3v) is 3.71. The zero-order valence-electron chi connectivity index (χ0n) is 10.7. The molecule has 19 heavy (non-hydrogen) atoms. The first kappa shape index (κ1) is 12.0. The van der Waals surface area contributed by atoms with Crippen LogP contribution in [0.5, 0.6) is 0 Å². The summed E-state index contributed by atoms with van der Waals surface area (Å²) >= 11 is 0. The summed E-state index contributed by atoms with van der Waals surface area (Å²) in [5.74, 6) is 0.827. The molecule has 0 bridgehead atoms. The van der Waals surface area contributed by atoms with Crippen molar-refractivity contribution in [2.24, 2.45) is 0 Å². The van der Waals surface area contributed by atoms with Gasteiger partial charge in [0.2, 0.25) is 0 Å². The highest BCUT2D eigenvalue weighted by molar-refractivity contribution is 6.01. The van der Waals surface area contributed by atoms with Crippen LogP contribution in [0.1, 0.15) is 47.8 Å². The Morgan fingerprint density at radius 1 is 1.21 bits per heavy atom. The molecule has 4 heteroatoms. The number of benzene rings is 1. The van der Waals surface area contributed by atoms with Gasteiger partial charge in [-0.2, -0.15) is 0 Å². The summed E-state index contributed by atoms with van der Waals surface area (Å²) < 4.78 is 0. The molecule has 3 rings (SSSR count). The Morgan fingerprint density at radius 3 is 2.58 bits per heavy atom. The predicted molar refractivity (Wildman–Crippen MR) is 74.2 cm³/mol. The number of anilines is 1. The number of hydrogen-bond donors (Lipinski definition) is 2. The van der Waals surface area contributed by atoms with Crippen molar-refractivity contribution in [3.8, 4) is 0 Å². The van der Waals surface area contributed by atoms with Gasteiger partial charge in [-0.1, -0.05) is 25.0 Å². The van der Waals surface area contributed by atoms with E-state index in [2.05, 4.69) is 27.4 Å². The van der Waals surface area contributed by atoms with E-state index in [1.165, 1.54) is 31.2 Å². The highest BCUT2D eigenvalue weighted by atomic mass is 16.2. The topological polar surface area (TPSA) is 57.8 Å². The fraction of sp³-hybridized carbons (Fsp3) is 0.333. The van der Waals surface area contributed by atoms with E-state index in [0.29, 0.717) is 11.7 Å². The molecule has 1 aromatic carbocycles. The van der Waals surface area contributed by atoms with Crippen molar-refractivity contribution in [3.05, 3.63) is 48.0 Å². The highest BCUT2D eigenvalue weighted by Crippen LogP contribution is 2.34. The molecule has 1 heterocycles. The first-order chi connectivity index (χ1) is 9.33. The number of aromatic amines is 1. The zero-order valence-corrected chi connectivity index (χ0v) is 10.7. The second-order valence-corrected chi connectivity index (χ2v) is 5.00. The number of carbonyl (C=O) groups is 1. The first-order valence-corrected chi connectivity index (χ1v) is 6.73. The standard InChI is InChI=1S/C15H17N3O/c19-15(14-16-9-10-17-14)18-13-7-5-12(6-8-13)11-3-1-2-4-11/h5-11H,1-4H2,(H,16,17)(H,18,19). The summed E-state index contributed by atoms with van der Waals surface area (Å²) in [7, 11) is 0. The summed E-state index contributed by atoms with van der Waals surface area (Å²) in [6, 6.07) is 8.17. The number of carbonyl (C=O) groups excluding carboxylic acids is 1. The number of hydrogen-bond acceptors (Lipinski definition) is 2. The Morgan fingerprint density at radius 2 is 1.95 bits per heavy atom. The van der Waals surface area contributed by atoms with Gasteiger partial charge in [0.1, 0.15) is 0 Å². The van der Waals surface area contributed by atoms with Crippen LogP contribution in [-0.4, -0.2) is 15.9 Å².